The first-order valence-corrected chi connectivity index (χ1v) is 22.1. The number of anilines is 2. The molecule has 0 aromatic carbocycles. The van der Waals surface area contributed by atoms with E-state index in [2.05, 4.69) is 36.9 Å². The first-order chi connectivity index (χ1) is 28.4. The smallest absolute Gasteiger partial charge is 0.251 e. The van der Waals surface area contributed by atoms with Crippen LogP contribution < -0.4 is 15.1 Å². The molecule has 0 aliphatic carbocycles. The number of nitrogens with one attached hydrogen (secondary N) is 1. The van der Waals surface area contributed by atoms with Gasteiger partial charge in [-0.3, -0.25) is 19.3 Å². The van der Waals surface area contributed by atoms with E-state index in [1.165, 1.54) is 35.6 Å². The highest BCUT2D eigenvalue weighted by Gasteiger charge is 2.27. The van der Waals surface area contributed by atoms with Crippen LogP contribution in [0.25, 0.3) is 20.4 Å². The second kappa shape index (κ2) is 20.7. The monoisotopic (exact) mass is 874 g/mol. The van der Waals surface area contributed by atoms with E-state index in [0.29, 0.717) is 44.3 Å². The molecule has 0 bridgehead atoms. The summed E-state index contributed by atoms with van der Waals surface area (Å²) in [4.78, 5) is 64.5. The number of fused-ring (bicyclic) bond motifs is 2. The van der Waals surface area contributed by atoms with Crippen molar-refractivity contribution in [1.29, 1.82) is 0 Å². The van der Waals surface area contributed by atoms with Crippen molar-refractivity contribution < 1.29 is 34.1 Å². The Kier molecular flexibility index (Phi) is 15.8. The van der Waals surface area contributed by atoms with Gasteiger partial charge >= 0.3 is 0 Å². The van der Waals surface area contributed by atoms with Gasteiger partial charge in [0.05, 0.1) is 51.7 Å². The van der Waals surface area contributed by atoms with E-state index in [-0.39, 0.29) is 17.1 Å². The molecule has 4 aromatic rings. The minimum Gasteiger partial charge on any atom is -0.384 e. The normalized spacial score (nSPS) is 18.8. The fraction of sp³-hybridized carbons (Fsp3) is 0.615. The molecule has 4 aliphatic heterocycles. The molecule has 4 aromatic heterocycles. The predicted molar refractivity (Wildman–Crippen MR) is 230 cm³/mol. The molecular formula is C39H55ClN10O7S2. The molecule has 59 heavy (non-hydrogen) atoms. The molecule has 0 radical (unpaired) electrons. The SMILES string of the molecule is C[C@H](O)C(=O)N1CCNCC1.Cc1c(C=O)sc2c(N3CCOCC3)nc(Cl)nc12.Cc1nc(N2CCOCC2)c2sc(CN3CCN(C(=O)[C@H](C)O)CC3)c(C)c2n1. The molecule has 8 heterocycles. The van der Waals surface area contributed by atoms with Crippen LogP contribution >= 0.6 is 34.3 Å². The maximum absolute atomic E-state index is 12.0. The number of ether oxygens (including phenoxy) is 2. The first kappa shape index (κ1) is 44.9. The van der Waals surface area contributed by atoms with E-state index >= 15 is 0 Å². The van der Waals surface area contributed by atoms with E-state index in [4.69, 9.17) is 36.1 Å². The number of piperazine rings is 2. The maximum atomic E-state index is 12.0. The van der Waals surface area contributed by atoms with Gasteiger partial charge in [0.1, 0.15) is 18.0 Å². The number of aryl methyl sites for hydroxylation is 3. The minimum atomic E-state index is -0.924. The van der Waals surface area contributed by atoms with E-state index in [9.17, 15) is 19.5 Å². The molecule has 20 heteroatoms. The predicted octanol–water partition coefficient (Wildman–Crippen LogP) is 2.27. The Balaban J connectivity index is 0.000000166. The van der Waals surface area contributed by atoms with Crippen LogP contribution in [0, 0.1) is 20.8 Å². The third-order valence-electron chi connectivity index (χ3n) is 10.6. The summed E-state index contributed by atoms with van der Waals surface area (Å²) in [6.07, 6.45) is -0.918. The molecule has 4 saturated heterocycles. The number of amides is 2. The van der Waals surface area contributed by atoms with Crippen molar-refractivity contribution >= 4 is 84.4 Å². The van der Waals surface area contributed by atoms with Gasteiger partial charge in [-0.2, -0.15) is 4.98 Å². The number of halogens is 1. The lowest BCUT2D eigenvalue weighted by Crippen LogP contribution is -2.50. The van der Waals surface area contributed by atoms with Gasteiger partial charge in [-0.15, -0.1) is 22.7 Å². The number of aromatic nitrogens is 4. The van der Waals surface area contributed by atoms with Crippen molar-refractivity contribution in [2.45, 2.75) is 53.4 Å². The first-order valence-electron chi connectivity index (χ1n) is 20.1. The van der Waals surface area contributed by atoms with Crippen LogP contribution in [0.5, 0.6) is 0 Å². The van der Waals surface area contributed by atoms with Crippen LogP contribution in [0.1, 0.15) is 45.3 Å². The highest BCUT2D eigenvalue weighted by Crippen LogP contribution is 2.37. The van der Waals surface area contributed by atoms with Gasteiger partial charge < -0.3 is 44.6 Å². The van der Waals surface area contributed by atoms with Gasteiger partial charge in [0.15, 0.2) is 17.9 Å². The average Bonchev–Trinajstić information content (AvgIpc) is 3.75. The van der Waals surface area contributed by atoms with Crippen molar-refractivity contribution in [1.82, 2.24) is 40.0 Å². The van der Waals surface area contributed by atoms with Gasteiger partial charge in [-0.25, -0.2) is 15.0 Å². The molecule has 8 rings (SSSR count). The number of thiophene rings is 2. The van der Waals surface area contributed by atoms with Gasteiger partial charge in [-0.1, -0.05) is 0 Å². The molecule has 17 nitrogen and oxygen atoms in total. The molecule has 4 fully saturated rings. The number of aldehydes is 1. The fourth-order valence-electron chi connectivity index (χ4n) is 7.28. The standard InChI is InChI=1S/C20H29N5O3S.C12H12ClN3O2S.C7H14N2O2/c1-13-16(12-23-4-6-25(7-5-23)20(27)14(2)26)29-18-17(13)21-15(3)22-19(18)24-8-10-28-11-9-24;1-7-8(6-17)19-10-9(7)14-12(13)15-11(10)16-2-4-18-5-3-16;1-6(10)7(11)9-4-2-8-3-5-9/h14,26H,4-12H2,1-3H3;6H,2-5H2,1H3;6,8,10H,2-5H2,1H3/t14-;;6-/m0.0/s1. The highest BCUT2D eigenvalue weighted by atomic mass is 35.5. The fourth-order valence-corrected chi connectivity index (χ4v) is 9.82. The summed E-state index contributed by atoms with van der Waals surface area (Å²) in [5.74, 6) is 2.30. The van der Waals surface area contributed by atoms with Crippen molar-refractivity contribution in [3.63, 3.8) is 0 Å². The number of hydrogen-bond acceptors (Lipinski definition) is 17. The quantitative estimate of drug-likeness (QED) is 0.181. The Bertz CT molecular complexity index is 2070. The van der Waals surface area contributed by atoms with Gasteiger partial charge in [0.2, 0.25) is 5.28 Å². The van der Waals surface area contributed by atoms with Gasteiger partial charge in [0, 0.05) is 90.0 Å². The zero-order valence-corrected chi connectivity index (χ0v) is 36.8. The lowest BCUT2D eigenvalue weighted by molar-refractivity contribution is -0.141. The Morgan fingerprint density at radius 1 is 0.729 bits per heavy atom. The maximum Gasteiger partial charge on any atom is 0.251 e. The number of carbonyl (C=O) groups is 3. The number of morpholine rings is 2. The van der Waals surface area contributed by atoms with Crippen LogP contribution in [0.15, 0.2) is 0 Å². The molecule has 2 atom stereocenters. The molecule has 0 unspecified atom stereocenters. The van der Waals surface area contributed by atoms with Crippen LogP contribution in [0.3, 0.4) is 0 Å². The van der Waals surface area contributed by atoms with Gasteiger partial charge in [-0.05, 0) is 57.3 Å². The van der Waals surface area contributed by atoms with Crippen LogP contribution in [-0.2, 0) is 25.6 Å². The molecule has 0 saturated carbocycles. The third-order valence-corrected chi connectivity index (χ3v) is 13.3. The van der Waals surface area contributed by atoms with Crippen LogP contribution in [0.2, 0.25) is 5.28 Å². The Labute approximate surface area is 357 Å². The number of rotatable bonds is 7. The zero-order chi connectivity index (χ0) is 42.2. The van der Waals surface area contributed by atoms with Crippen LogP contribution in [-0.4, -0.2) is 180 Å². The Hall–Kier alpha value is -3.66. The van der Waals surface area contributed by atoms with E-state index in [0.717, 1.165) is 122 Å². The molecule has 2 amide bonds. The largest absolute Gasteiger partial charge is 0.384 e. The van der Waals surface area contributed by atoms with E-state index < -0.39 is 12.2 Å². The van der Waals surface area contributed by atoms with Crippen molar-refractivity contribution in [3.8, 4) is 0 Å². The molecule has 0 spiro atoms. The molecule has 322 valence electrons. The zero-order valence-electron chi connectivity index (χ0n) is 34.4. The Morgan fingerprint density at radius 3 is 1.78 bits per heavy atom. The number of hydrogen-bond donors (Lipinski definition) is 3. The van der Waals surface area contributed by atoms with Gasteiger partial charge in [0.25, 0.3) is 11.8 Å². The number of carbonyl (C=O) groups excluding carboxylic acids is 3. The van der Waals surface area contributed by atoms with E-state index in [1.54, 1.807) is 21.1 Å². The topological polar surface area (TPSA) is 190 Å². The Morgan fingerprint density at radius 2 is 1.24 bits per heavy atom. The lowest BCUT2D eigenvalue weighted by Gasteiger charge is -2.35. The van der Waals surface area contributed by atoms with Crippen molar-refractivity contribution in [3.05, 3.63) is 32.0 Å². The number of aliphatic hydroxyl groups is 2. The molecule has 4 aliphatic rings. The number of nitrogens with zero attached hydrogens (tertiary/aromatic N) is 9. The van der Waals surface area contributed by atoms with Crippen LogP contribution in [0.4, 0.5) is 11.6 Å². The summed E-state index contributed by atoms with van der Waals surface area (Å²) in [6.45, 7) is 22.0. The molecular weight excluding hydrogens is 820 g/mol. The highest BCUT2D eigenvalue weighted by molar-refractivity contribution is 7.21. The second-order valence-corrected chi connectivity index (χ2v) is 17.3. The summed E-state index contributed by atoms with van der Waals surface area (Å²) >= 11 is 9.21. The van der Waals surface area contributed by atoms with Crippen molar-refractivity contribution in [2.75, 3.05) is 115 Å². The third kappa shape index (κ3) is 11.0. The minimum absolute atomic E-state index is 0.161. The summed E-state index contributed by atoms with van der Waals surface area (Å²) < 4.78 is 12.9. The van der Waals surface area contributed by atoms with Crippen molar-refractivity contribution in [2.24, 2.45) is 0 Å². The summed E-state index contributed by atoms with van der Waals surface area (Å²) in [7, 11) is 0. The average molecular weight is 876 g/mol. The van der Waals surface area contributed by atoms with E-state index in [1.807, 2.05) is 13.8 Å². The second-order valence-electron chi connectivity index (χ2n) is 14.9. The summed E-state index contributed by atoms with van der Waals surface area (Å²) in [6, 6.07) is 0. The summed E-state index contributed by atoms with van der Waals surface area (Å²) in [5.41, 5.74) is 3.93. The number of aliphatic hydroxyl groups excluding tert-OH is 2. The summed E-state index contributed by atoms with van der Waals surface area (Å²) in [5, 5.41) is 21.8. The molecule has 3 N–H and O–H groups in total. The lowest BCUT2D eigenvalue weighted by atomic mass is 10.2.